The molecule has 6 heteroatoms. The van der Waals surface area contributed by atoms with E-state index in [2.05, 4.69) is 15.9 Å². The molecule has 0 saturated heterocycles. The van der Waals surface area contributed by atoms with Gasteiger partial charge in [0.25, 0.3) is 0 Å². The summed E-state index contributed by atoms with van der Waals surface area (Å²) in [5, 5.41) is 9.37. The SMILES string of the molecule is CCOC(=O)CCN(c1cccc(Br)c1)C(CC)C(=O)O. The summed E-state index contributed by atoms with van der Waals surface area (Å²) in [6.45, 7) is 4.19. The zero-order chi connectivity index (χ0) is 15.8. The van der Waals surface area contributed by atoms with Crippen molar-refractivity contribution in [3.63, 3.8) is 0 Å². The highest BCUT2D eigenvalue weighted by molar-refractivity contribution is 9.10. The molecule has 0 bridgehead atoms. The van der Waals surface area contributed by atoms with E-state index in [0.717, 1.165) is 10.2 Å². The van der Waals surface area contributed by atoms with Gasteiger partial charge in [-0.2, -0.15) is 0 Å². The van der Waals surface area contributed by atoms with Crippen molar-refractivity contribution >= 4 is 33.6 Å². The van der Waals surface area contributed by atoms with E-state index >= 15 is 0 Å². The van der Waals surface area contributed by atoms with Gasteiger partial charge in [-0.05, 0) is 31.5 Å². The van der Waals surface area contributed by atoms with E-state index in [0.29, 0.717) is 19.6 Å². The minimum atomic E-state index is -0.902. The largest absolute Gasteiger partial charge is 0.480 e. The number of nitrogens with zero attached hydrogens (tertiary/aromatic N) is 1. The number of rotatable bonds is 8. The molecule has 116 valence electrons. The molecule has 1 aromatic carbocycles. The van der Waals surface area contributed by atoms with E-state index in [1.165, 1.54) is 0 Å². The number of anilines is 1. The second-order valence-electron chi connectivity index (χ2n) is 4.49. The van der Waals surface area contributed by atoms with Crippen LogP contribution in [0.2, 0.25) is 0 Å². The van der Waals surface area contributed by atoms with Crippen LogP contribution in [0.15, 0.2) is 28.7 Å². The predicted molar refractivity (Wildman–Crippen MR) is 84.5 cm³/mol. The highest BCUT2D eigenvalue weighted by Gasteiger charge is 2.24. The average Bonchev–Trinajstić information content (AvgIpc) is 2.43. The molecule has 0 saturated carbocycles. The van der Waals surface area contributed by atoms with E-state index < -0.39 is 12.0 Å². The fourth-order valence-electron chi connectivity index (χ4n) is 2.09. The van der Waals surface area contributed by atoms with Crippen molar-refractivity contribution in [2.75, 3.05) is 18.1 Å². The van der Waals surface area contributed by atoms with Crippen LogP contribution in [-0.4, -0.2) is 36.2 Å². The van der Waals surface area contributed by atoms with Crippen LogP contribution in [0.4, 0.5) is 5.69 Å². The zero-order valence-corrected chi connectivity index (χ0v) is 13.8. The number of halogens is 1. The van der Waals surface area contributed by atoms with Gasteiger partial charge in [0.15, 0.2) is 0 Å². The standard InChI is InChI=1S/C15H20BrNO4/c1-3-13(15(19)20)17(9-8-14(18)21-4-2)12-7-5-6-11(16)10-12/h5-7,10,13H,3-4,8-9H2,1-2H3,(H,19,20). The quantitative estimate of drug-likeness (QED) is 0.724. The molecule has 0 radical (unpaired) electrons. The molecule has 0 amide bonds. The van der Waals surface area contributed by atoms with Gasteiger partial charge in [0.05, 0.1) is 13.0 Å². The molecule has 0 aliphatic heterocycles. The Morgan fingerprint density at radius 1 is 1.38 bits per heavy atom. The summed E-state index contributed by atoms with van der Waals surface area (Å²) >= 11 is 3.38. The topological polar surface area (TPSA) is 66.8 Å². The lowest BCUT2D eigenvalue weighted by molar-refractivity contribution is -0.143. The fourth-order valence-corrected chi connectivity index (χ4v) is 2.48. The number of carbonyl (C=O) groups is 2. The number of carbonyl (C=O) groups excluding carboxylic acids is 1. The maximum absolute atomic E-state index is 11.5. The van der Waals surface area contributed by atoms with Gasteiger partial charge in [-0.25, -0.2) is 4.79 Å². The number of carboxylic acid groups (broad SMARTS) is 1. The molecule has 1 unspecified atom stereocenters. The van der Waals surface area contributed by atoms with Crippen molar-refractivity contribution in [1.82, 2.24) is 0 Å². The van der Waals surface area contributed by atoms with Gasteiger partial charge in [0.1, 0.15) is 6.04 Å². The lowest BCUT2D eigenvalue weighted by Gasteiger charge is -2.30. The van der Waals surface area contributed by atoms with Gasteiger partial charge >= 0.3 is 11.9 Å². The van der Waals surface area contributed by atoms with Gasteiger partial charge in [0, 0.05) is 16.7 Å². The number of hydrogen-bond donors (Lipinski definition) is 1. The van der Waals surface area contributed by atoms with Crippen molar-refractivity contribution in [2.24, 2.45) is 0 Å². The number of carboxylic acids is 1. The first-order valence-corrected chi connectivity index (χ1v) is 7.69. The Morgan fingerprint density at radius 2 is 2.10 bits per heavy atom. The third-order valence-electron chi connectivity index (χ3n) is 3.05. The summed E-state index contributed by atoms with van der Waals surface area (Å²) < 4.78 is 5.77. The Morgan fingerprint density at radius 3 is 2.62 bits per heavy atom. The number of esters is 1. The van der Waals surface area contributed by atoms with Gasteiger partial charge in [-0.1, -0.05) is 28.9 Å². The zero-order valence-electron chi connectivity index (χ0n) is 12.2. The summed E-state index contributed by atoms with van der Waals surface area (Å²) in [7, 11) is 0. The highest BCUT2D eigenvalue weighted by atomic mass is 79.9. The summed E-state index contributed by atoms with van der Waals surface area (Å²) in [5.41, 5.74) is 0.767. The lowest BCUT2D eigenvalue weighted by atomic mass is 10.1. The van der Waals surface area contributed by atoms with E-state index in [1.54, 1.807) is 11.8 Å². The van der Waals surface area contributed by atoms with E-state index in [4.69, 9.17) is 4.74 Å². The number of hydrogen-bond acceptors (Lipinski definition) is 4. The van der Waals surface area contributed by atoms with Crippen molar-refractivity contribution in [3.8, 4) is 0 Å². The molecule has 0 aliphatic carbocycles. The third kappa shape index (κ3) is 5.38. The van der Waals surface area contributed by atoms with Crippen molar-refractivity contribution < 1.29 is 19.4 Å². The second kappa shape index (κ2) is 8.67. The van der Waals surface area contributed by atoms with Crippen LogP contribution in [0.5, 0.6) is 0 Å². The lowest BCUT2D eigenvalue weighted by Crippen LogP contribution is -2.42. The van der Waals surface area contributed by atoms with Crippen LogP contribution in [0.3, 0.4) is 0 Å². The maximum Gasteiger partial charge on any atom is 0.326 e. The van der Waals surface area contributed by atoms with Crippen LogP contribution in [0.1, 0.15) is 26.7 Å². The van der Waals surface area contributed by atoms with Gasteiger partial charge in [-0.15, -0.1) is 0 Å². The molecule has 1 rings (SSSR count). The van der Waals surface area contributed by atoms with Crippen LogP contribution in [0.25, 0.3) is 0 Å². The molecule has 21 heavy (non-hydrogen) atoms. The summed E-state index contributed by atoms with van der Waals surface area (Å²) in [4.78, 5) is 24.7. The second-order valence-corrected chi connectivity index (χ2v) is 5.41. The summed E-state index contributed by atoms with van der Waals surface area (Å²) in [5.74, 6) is -1.22. The smallest absolute Gasteiger partial charge is 0.326 e. The minimum Gasteiger partial charge on any atom is -0.480 e. The number of aliphatic carboxylic acids is 1. The Bertz CT molecular complexity index is 492. The minimum absolute atomic E-state index is 0.157. The number of benzene rings is 1. The molecular weight excluding hydrogens is 338 g/mol. The molecule has 0 heterocycles. The van der Waals surface area contributed by atoms with Crippen LogP contribution in [-0.2, 0) is 14.3 Å². The average molecular weight is 358 g/mol. The van der Waals surface area contributed by atoms with Crippen LogP contribution < -0.4 is 4.90 Å². The first-order chi connectivity index (χ1) is 9.99. The van der Waals surface area contributed by atoms with Crippen LogP contribution in [0, 0.1) is 0 Å². The first kappa shape index (κ1) is 17.5. The van der Waals surface area contributed by atoms with E-state index in [9.17, 15) is 14.7 Å². The summed E-state index contributed by atoms with van der Waals surface area (Å²) in [6, 6.07) is 6.71. The molecule has 0 spiro atoms. The maximum atomic E-state index is 11.5. The molecule has 1 N–H and O–H groups in total. The monoisotopic (exact) mass is 357 g/mol. The molecule has 0 aliphatic rings. The fraction of sp³-hybridized carbons (Fsp3) is 0.467. The van der Waals surface area contributed by atoms with Gasteiger partial charge in [-0.3, -0.25) is 4.79 Å². The Balaban J connectivity index is 2.94. The molecular formula is C15H20BrNO4. The number of ether oxygens (including phenoxy) is 1. The van der Waals surface area contributed by atoms with E-state index in [1.807, 2.05) is 31.2 Å². The molecule has 1 aromatic rings. The van der Waals surface area contributed by atoms with Crippen molar-refractivity contribution in [1.29, 1.82) is 0 Å². The van der Waals surface area contributed by atoms with E-state index in [-0.39, 0.29) is 12.4 Å². The predicted octanol–water partition coefficient (Wildman–Crippen LogP) is 3.07. The van der Waals surface area contributed by atoms with Gasteiger partial charge in [0.2, 0.25) is 0 Å². The Kier molecular flexibility index (Phi) is 7.22. The summed E-state index contributed by atoms with van der Waals surface area (Å²) in [6.07, 6.45) is 0.606. The first-order valence-electron chi connectivity index (χ1n) is 6.90. The Hall–Kier alpha value is -1.56. The van der Waals surface area contributed by atoms with Crippen molar-refractivity contribution in [2.45, 2.75) is 32.7 Å². The Labute approximate surface area is 133 Å². The highest BCUT2D eigenvalue weighted by Crippen LogP contribution is 2.23. The molecule has 1 atom stereocenters. The third-order valence-corrected chi connectivity index (χ3v) is 3.54. The molecule has 0 fully saturated rings. The molecule has 0 aromatic heterocycles. The molecule has 5 nitrogen and oxygen atoms in total. The van der Waals surface area contributed by atoms with Crippen LogP contribution >= 0.6 is 15.9 Å². The van der Waals surface area contributed by atoms with Gasteiger partial charge < -0.3 is 14.7 Å². The normalized spacial score (nSPS) is 11.8. The van der Waals surface area contributed by atoms with Crippen molar-refractivity contribution in [3.05, 3.63) is 28.7 Å².